The minimum Gasteiger partial charge on any atom is -0.317 e. The van der Waals surface area contributed by atoms with Crippen LogP contribution >= 0.6 is 0 Å². The van der Waals surface area contributed by atoms with E-state index in [0.717, 1.165) is 16.9 Å². The molecule has 8 aromatic rings. The molecule has 0 bridgehead atoms. The quantitative estimate of drug-likeness (QED) is 0.245. The molecule has 3 heterocycles. The Hall–Kier alpha value is -5.15. The maximum absolute atomic E-state index is 4.83. The Labute approximate surface area is 219 Å². The fourth-order valence-corrected chi connectivity index (χ4v) is 5.76. The highest BCUT2D eigenvalue weighted by molar-refractivity contribution is 6.14. The molecule has 38 heavy (non-hydrogen) atoms. The lowest BCUT2D eigenvalue weighted by molar-refractivity contribution is 1.08. The molecule has 0 N–H and O–H groups in total. The van der Waals surface area contributed by atoms with Gasteiger partial charge in [0, 0.05) is 34.2 Å². The molecule has 0 fully saturated rings. The van der Waals surface area contributed by atoms with Gasteiger partial charge in [0.05, 0.1) is 16.6 Å². The molecule has 5 aromatic carbocycles. The van der Waals surface area contributed by atoms with Gasteiger partial charge in [0.15, 0.2) is 0 Å². The summed E-state index contributed by atoms with van der Waals surface area (Å²) in [5.41, 5.74) is 7.05. The van der Waals surface area contributed by atoms with Crippen molar-refractivity contribution in [2.45, 2.75) is 0 Å². The predicted octanol–water partition coefficient (Wildman–Crippen LogP) is 8.94. The summed E-state index contributed by atoms with van der Waals surface area (Å²) in [7, 11) is 0. The number of fused-ring (bicyclic) bond motifs is 5. The van der Waals surface area contributed by atoms with E-state index in [1.165, 1.54) is 49.2 Å². The van der Waals surface area contributed by atoms with Gasteiger partial charge in [-0.2, -0.15) is 0 Å². The second-order valence-corrected chi connectivity index (χ2v) is 9.77. The number of para-hydroxylation sites is 2. The largest absolute Gasteiger partial charge is 0.317 e. The van der Waals surface area contributed by atoms with Crippen molar-refractivity contribution in [3.63, 3.8) is 0 Å². The average molecular weight is 486 g/mol. The van der Waals surface area contributed by atoms with Gasteiger partial charge < -0.3 is 4.57 Å². The van der Waals surface area contributed by atoms with Gasteiger partial charge in [0.1, 0.15) is 5.82 Å². The van der Waals surface area contributed by atoms with Crippen molar-refractivity contribution >= 4 is 43.5 Å². The van der Waals surface area contributed by atoms with E-state index in [0.29, 0.717) is 0 Å². The van der Waals surface area contributed by atoms with Crippen LogP contribution in [-0.2, 0) is 0 Å². The minimum atomic E-state index is 0.924. The summed E-state index contributed by atoms with van der Waals surface area (Å²) in [5, 5.41) is 6.15. The number of pyridine rings is 1. The van der Waals surface area contributed by atoms with Crippen LogP contribution in [0.5, 0.6) is 0 Å². The van der Waals surface area contributed by atoms with Crippen LogP contribution in [0.15, 0.2) is 140 Å². The van der Waals surface area contributed by atoms with E-state index in [-0.39, 0.29) is 0 Å². The summed E-state index contributed by atoms with van der Waals surface area (Å²) in [6.07, 6.45) is 4.07. The molecule has 0 aliphatic carbocycles. The van der Waals surface area contributed by atoms with E-state index in [9.17, 15) is 0 Å². The zero-order valence-corrected chi connectivity index (χ0v) is 20.6. The van der Waals surface area contributed by atoms with Crippen molar-refractivity contribution in [3.05, 3.63) is 140 Å². The summed E-state index contributed by atoms with van der Waals surface area (Å²) >= 11 is 0. The Morgan fingerprint density at radius 1 is 0.474 bits per heavy atom. The lowest BCUT2D eigenvalue weighted by Gasteiger charge is -2.10. The first-order valence-electron chi connectivity index (χ1n) is 12.9. The van der Waals surface area contributed by atoms with Crippen LogP contribution in [0.25, 0.3) is 66.1 Å². The Balaban J connectivity index is 1.39. The van der Waals surface area contributed by atoms with Crippen molar-refractivity contribution in [1.29, 1.82) is 0 Å². The molecule has 3 heteroatoms. The molecule has 0 aliphatic rings. The van der Waals surface area contributed by atoms with E-state index >= 15 is 0 Å². The van der Waals surface area contributed by atoms with E-state index in [4.69, 9.17) is 4.98 Å². The van der Waals surface area contributed by atoms with Crippen LogP contribution in [0.2, 0.25) is 0 Å². The van der Waals surface area contributed by atoms with E-state index < -0.39 is 0 Å². The van der Waals surface area contributed by atoms with Crippen LogP contribution < -0.4 is 0 Å². The van der Waals surface area contributed by atoms with Crippen molar-refractivity contribution in [2.75, 3.05) is 0 Å². The Bertz CT molecular complexity index is 2120. The van der Waals surface area contributed by atoms with Crippen molar-refractivity contribution in [2.24, 2.45) is 0 Å². The Morgan fingerprint density at radius 3 is 2.08 bits per heavy atom. The summed E-state index contributed by atoms with van der Waals surface area (Å²) in [4.78, 5) is 4.83. The number of benzene rings is 5. The second-order valence-electron chi connectivity index (χ2n) is 9.77. The molecule has 3 nitrogen and oxygen atoms in total. The Kier molecular flexibility index (Phi) is 4.52. The third kappa shape index (κ3) is 3.19. The van der Waals surface area contributed by atoms with Gasteiger partial charge >= 0.3 is 0 Å². The molecular weight excluding hydrogens is 462 g/mol. The van der Waals surface area contributed by atoms with Crippen LogP contribution in [0.1, 0.15) is 0 Å². The summed E-state index contributed by atoms with van der Waals surface area (Å²) in [6, 6.07) is 45.4. The lowest BCUT2D eigenvalue weighted by atomic mass is 10.0. The normalized spacial score (nSPS) is 11.7. The first-order chi connectivity index (χ1) is 18.8. The third-order valence-corrected chi connectivity index (χ3v) is 7.56. The third-order valence-electron chi connectivity index (χ3n) is 7.56. The fraction of sp³-hybridized carbons (Fsp3) is 0. The van der Waals surface area contributed by atoms with Crippen molar-refractivity contribution in [1.82, 2.24) is 14.1 Å². The van der Waals surface area contributed by atoms with E-state index in [2.05, 4.69) is 143 Å². The lowest BCUT2D eigenvalue weighted by Crippen LogP contribution is -1.97. The number of rotatable bonds is 3. The molecule has 0 saturated carbocycles. The van der Waals surface area contributed by atoms with Gasteiger partial charge in [-0.3, -0.25) is 4.57 Å². The highest BCUT2D eigenvalue weighted by atomic mass is 15.1. The zero-order chi connectivity index (χ0) is 25.1. The van der Waals surface area contributed by atoms with Gasteiger partial charge in [0.25, 0.3) is 0 Å². The van der Waals surface area contributed by atoms with E-state index in [1.807, 2.05) is 6.20 Å². The zero-order valence-electron chi connectivity index (χ0n) is 20.6. The molecule has 8 rings (SSSR count). The number of hydrogen-bond acceptors (Lipinski definition) is 1. The van der Waals surface area contributed by atoms with Crippen molar-refractivity contribution in [3.8, 4) is 22.6 Å². The summed E-state index contributed by atoms with van der Waals surface area (Å²) in [6.45, 7) is 0. The minimum absolute atomic E-state index is 0.924. The smallest absolute Gasteiger partial charge is 0.138 e. The molecule has 0 radical (unpaired) electrons. The molecule has 0 atom stereocenters. The van der Waals surface area contributed by atoms with Crippen LogP contribution in [-0.4, -0.2) is 14.1 Å². The highest BCUT2D eigenvalue weighted by Gasteiger charge is 2.15. The topological polar surface area (TPSA) is 22.8 Å². The van der Waals surface area contributed by atoms with Gasteiger partial charge in [-0.15, -0.1) is 0 Å². The molecule has 0 amide bonds. The first kappa shape index (κ1) is 21.0. The van der Waals surface area contributed by atoms with Gasteiger partial charge in [0.2, 0.25) is 0 Å². The van der Waals surface area contributed by atoms with Gasteiger partial charge in [-0.1, -0.05) is 66.7 Å². The maximum atomic E-state index is 4.83. The fourth-order valence-electron chi connectivity index (χ4n) is 5.76. The average Bonchev–Trinajstić information content (AvgIpc) is 3.54. The first-order valence-corrected chi connectivity index (χ1v) is 12.9. The molecular formula is C35H23N3. The molecule has 3 aromatic heterocycles. The number of nitrogens with zero attached hydrogens (tertiary/aromatic N) is 3. The number of hydrogen-bond donors (Lipinski definition) is 0. The van der Waals surface area contributed by atoms with Gasteiger partial charge in [-0.25, -0.2) is 4.98 Å². The second kappa shape index (κ2) is 8.19. The molecule has 178 valence electrons. The molecule has 0 unspecified atom stereocenters. The standard InChI is InChI=1S/C35H23N3/c1-3-9-24(10-4-1)25-15-17-36-35(23-25)38-32-14-8-7-13-30(32)31-20-28-21-33-26(19-27(28)22-34(31)38)16-18-37(33)29-11-5-2-6-12-29/h1-23H. The SMILES string of the molecule is c1ccc(-c2ccnc(-n3c4ccccc4c4cc5cc6c(ccn6-c6ccccc6)cc5cc43)c2)cc1. The predicted molar refractivity (Wildman–Crippen MR) is 158 cm³/mol. The van der Waals surface area contributed by atoms with Crippen molar-refractivity contribution < 1.29 is 0 Å². The maximum Gasteiger partial charge on any atom is 0.138 e. The molecule has 0 spiro atoms. The Morgan fingerprint density at radius 2 is 1.21 bits per heavy atom. The summed E-state index contributed by atoms with van der Waals surface area (Å²) < 4.78 is 4.57. The molecule has 0 saturated heterocycles. The van der Waals surface area contributed by atoms with Crippen LogP contribution in [0, 0.1) is 0 Å². The van der Waals surface area contributed by atoms with Crippen LogP contribution in [0.3, 0.4) is 0 Å². The van der Waals surface area contributed by atoms with Gasteiger partial charge in [-0.05, 0) is 82.6 Å². The van der Waals surface area contributed by atoms with E-state index in [1.54, 1.807) is 0 Å². The number of aromatic nitrogens is 3. The van der Waals surface area contributed by atoms with Crippen LogP contribution in [0.4, 0.5) is 0 Å². The molecule has 0 aliphatic heterocycles. The summed E-state index contributed by atoms with van der Waals surface area (Å²) in [5.74, 6) is 0.924. The monoisotopic (exact) mass is 485 g/mol. The highest BCUT2D eigenvalue weighted by Crippen LogP contribution is 2.36.